The number of rotatable bonds is 4. The summed E-state index contributed by atoms with van der Waals surface area (Å²) in [4.78, 5) is 21.5. The van der Waals surface area contributed by atoms with Crippen molar-refractivity contribution >= 4 is 39.2 Å². The van der Waals surface area contributed by atoms with Gasteiger partial charge in [-0.2, -0.15) is 0 Å². The number of nitrogens with zero attached hydrogens (tertiary/aromatic N) is 2. The molecule has 0 radical (unpaired) electrons. The summed E-state index contributed by atoms with van der Waals surface area (Å²) < 4.78 is 10.6. The van der Waals surface area contributed by atoms with Gasteiger partial charge in [0.15, 0.2) is 0 Å². The van der Waals surface area contributed by atoms with Crippen LogP contribution in [0.5, 0.6) is 11.8 Å². The summed E-state index contributed by atoms with van der Waals surface area (Å²) in [7, 11) is 3.02. The standard InChI is InChI=1S/C21H18N4O3/c1-27-19-17(11-13-7-3-5-9-15(13)22-19)24-21(26)25-18-12-14-8-4-6-10-16(14)23-20(18)28-2/h3-12H,1-2H3,(H2,24,25,26). The van der Waals surface area contributed by atoms with E-state index in [9.17, 15) is 4.79 Å². The van der Waals surface area contributed by atoms with Crippen LogP contribution >= 0.6 is 0 Å². The number of carbonyl (C=O) groups excluding carboxylic acids is 1. The molecule has 0 atom stereocenters. The topological polar surface area (TPSA) is 85.4 Å². The zero-order chi connectivity index (χ0) is 19.5. The number of nitrogens with one attached hydrogen (secondary N) is 2. The van der Waals surface area contributed by atoms with Crippen LogP contribution in [0.25, 0.3) is 21.8 Å². The number of para-hydroxylation sites is 2. The molecule has 2 aromatic carbocycles. The number of carbonyl (C=O) groups is 1. The number of hydrogen-bond donors (Lipinski definition) is 2. The quantitative estimate of drug-likeness (QED) is 0.551. The molecule has 0 unspecified atom stereocenters. The third-order valence-electron chi connectivity index (χ3n) is 4.26. The Morgan fingerprint density at radius 2 is 1.18 bits per heavy atom. The Bertz CT molecular complexity index is 1090. The van der Waals surface area contributed by atoms with Crippen molar-refractivity contribution in [2.24, 2.45) is 0 Å². The highest BCUT2D eigenvalue weighted by Crippen LogP contribution is 2.29. The maximum atomic E-state index is 12.6. The number of anilines is 2. The van der Waals surface area contributed by atoms with Crippen LogP contribution in [0.4, 0.5) is 16.2 Å². The Balaban J connectivity index is 1.63. The van der Waals surface area contributed by atoms with Crippen molar-refractivity contribution < 1.29 is 14.3 Å². The molecule has 0 aliphatic rings. The number of benzene rings is 2. The molecule has 0 spiro atoms. The summed E-state index contributed by atoms with van der Waals surface area (Å²) in [5, 5.41) is 7.35. The molecule has 0 saturated heterocycles. The SMILES string of the molecule is COc1nc2ccccc2cc1NC(=O)Nc1cc2ccccc2nc1OC. The van der Waals surface area contributed by atoms with Crippen molar-refractivity contribution in [3.05, 3.63) is 60.7 Å². The fraction of sp³-hybridized carbons (Fsp3) is 0.0952. The van der Waals surface area contributed by atoms with Crippen LogP contribution in [0.1, 0.15) is 0 Å². The van der Waals surface area contributed by atoms with Crippen molar-refractivity contribution in [3.8, 4) is 11.8 Å². The van der Waals surface area contributed by atoms with E-state index >= 15 is 0 Å². The van der Waals surface area contributed by atoms with Crippen LogP contribution in [-0.2, 0) is 0 Å². The normalized spacial score (nSPS) is 10.6. The molecule has 28 heavy (non-hydrogen) atoms. The summed E-state index contributed by atoms with van der Waals surface area (Å²) in [5.41, 5.74) is 2.49. The molecule has 7 heteroatoms. The summed E-state index contributed by atoms with van der Waals surface area (Å²) in [6, 6.07) is 18.4. The maximum absolute atomic E-state index is 12.6. The number of fused-ring (bicyclic) bond motifs is 2. The van der Waals surface area contributed by atoms with Gasteiger partial charge in [-0.15, -0.1) is 0 Å². The lowest BCUT2D eigenvalue weighted by Crippen LogP contribution is -2.20. The van der Waals surface area contributed by atoms with Gasteiger partial charge in [0.25, 0.3) is 0 Å². The van der Waals surface area contributed by atoms with Crippen molar-refractivity contribution in [1.29, 1.82) is 0 Å². The van der Waals surface area contributed by atoms with E-state index in [0.717, 1.165) is 21.8 Å². The van der Waals surface area contributed by atoms with Crippen LogP contribution in [0.2, 0.25) is 0 Å². The van der Waals surface area contributed by atoms with E-state index < -0.39 is 6.03 Å². The van der Waals surface area contributed by atoms with Crippen molar-refractivity contribution in [3.63, 3.8) is 0 Å². The highest BCUT2D eigenvalue weighted by atomic mass is 16.5. The predicted molar refractivity (Wildman–Crippen MR) is 109 cm³/mol. The van der Waals surface area contributed by atoms with Crippen LogP contribution in [0.15, 0.2) is 60.7 Å². The lowest BCUT2D eigenvalue weighted by molar-refractivity contribution is 0.262. The van der Waals surface area contributed by atoms with Gasteiger partial charge < -0.3 is 20.1 Å². The third kappa shape index (κ3) is 3.37. The zero-order valence-electron chi connectivity index (χ0n) is 15.4. The highest BCUT2D eigenvalue weighted by Gasteiger charge is 2.14. The largest absolute Gasteiger partial charge is 0.479 e. The number of urea groups is 1. The van der Waals surface area contributed by atoms with Gasteiger partial charge in [0.2, 0.25) is 11.8 Å². The maximum Gasteiger partial charge on any atom is 0.323 e. The fourth-order valence-electron chi connectivity index (χ4n) is 2.96. The van der Waals surface area contributed by atoms with E-state index in [1.54, 1.807) is 0 Å². The molecule has 2 amide bonds. The summed E-state index contributed by atoms with van der Waals surface area (Å²) in [6.45, 7) is 0. The first kappa shape index (κ1) is 17.5. The molecule has 4 rings (SSSR count). The van der Waals surface area contributed by atoms with Gasteiger partial charge in [-0.05, 0) is 24.3 Å². The highest BCUT2D eigenvalue weighted by molar-refractivity contribution is 6.03. The monoisotopic (exact) mass is 374 g/mol. The fourth-order valence-corrected chi connectivity index (χ4v) is 2.96. The third-order valence-corrected chi connectivity index (χ3v) is 4.26. The van der Waals surface area contributed by atoms with Crippen LogP contribution in [0.3, 0.4) is 0 Å². The second-order valence-corrected chi connectivity index (χ2v) is 6.05. The van der Waals surface area contributed by atoms with Gasteiger partial charge in [0.05, 0.1) is 25.3 Å². The van der Waals surface area contributed by atoms with Gasteiger partial charge in [-0.3, -0.25) is 0 Å². The number of hydrogen-bond acceptors (Lipinski definition) is 5. The van der Waals surface area contributed by atoms with Crippen molar-refractivity contribution in [2.75, 3.05) is 24.9 Å². The van der Waals surface area contributed by atoms with Gasteiger partial charge in [-0.25, -0.2) is 14.8 Å². The molecule has 2 aromatic heterocycles. The summed E-state index contributed by atoms with van der Waals surface area (Å²) in [6.07, 6.45) is 0. The molecule has 4 aromatic rings. The predicted octanol–water partition coefficient (Wildman–Crippen LogP) is 4.44. The average Bonchev–Trinajstić information content (AvgIpc) is 2.72. The summed E-state index contributed by atoms with van der Waals surface area (Å²) in [5.74, 6) is 0.662. The molecule has 0 bridgehead atoms. The zero-order valence-corrected chi connectivity index (χ0v) is 15.4. The average molecular weight is 374 g/mol. The van der Waals surface area contributed by atoms with E-state index in [4.69, 9.17) is 9.47 Å². The molecule has 0 fully saturated rings. The number of amides is 2. The van der Waals surface area contributed by atoms with Gasteiger partial charge in [0.1, 0.15) is 11.4 Å². The Hall–Kier alpha value is -3.87. The minimum atomic E-state index is -0.453. The number of ether oxygens (including phenoxy) is 2. The van der Waals surface area contributed by atoms with E-state index in [-0.39, 0.29) is 0 Å². The molecular formula is C21H18N4O3. The second kappa shape index (κ2) is 7.40. The Labute approximate surface area is 161 Å². The van der Waals surface area contributed by atoms with Gasteiger partial charge in [0, 0.05) is 10.8 Å². The first-order valence-electron chi connectivity index (χ1n) is 8.63. The first-order valence-corrected chi connectivity index (χ1v) is 8.63. The minimum absolute atomic E-state index is 0.331. The van der Waals surface area contributed by atoms with E-state index in [1.165, 1.54) is 14.2 Å². The Kier molecular flexibility index (Phi) is 4.63. The van der Waals surface area contributed by atoms with Gasteiger partial charge >= 0.3 is 6.03 Å². The van der Waals surface area contributed by atoms with Crippen LogP contribution < -0.4 is 20.1 Å². The summed E-state index contributed by atoms with van der Waals surface area (Å²) >= 11 is 0. The first-order chi connectivity index (χ1) is 13.7. The lowest BCUT2D eigenvalue weighted by Gasteiger charge is -2.13. The number of pyridine rings is 2. The molecule has 2 heterocycles. The Morgan fingerprint density at radius 3 is 1.61 bits per heavy atom. The van der Waals surface area contributed by atoms with E-state index in [1.807, 2.05) is 60.7 Å². The van der Waals surface area contributed by atoms with Gasteiger partial charge in [-0.1, -0.05) is 36.4 Å². The molecule has 0 saturated carbocycles. The smallest absolute Gasteiger partial charge is 0.323 e. The minimum Gasteiger partial charge on any atom is -0.479 e. The molecule has 0 aliphatic heterocycles. The number of methoxy groups -OCH3 is 2. The molecule has 140 valence electrons. The second-order valence-electron chi connectivity index (χ2n) is 6.05. The van der Waals surface area contributed by atoms with E-state index in [2.05, 4.69) is 20.6 Å². The number of aromatic nitrogens is 2. The molecule has 2 N–H and O–H groups in total. The van der Waals surface area contributed by atoms with E-state index in [0.29, 0.717) is 23.1 Å². The van der Waals surface area contributed by atoms with Crippen LogP contribution in [0, 0.1) is 0 Å². The Morgan fingerprint density at radius 1 is 0.750 bits per heavy atom. The van der Waals surface area contributed by atoms with Crippen molar-refractivity contribution in [2.45, 2.75) is 0 Å². The molecular weight excluding hydrogens is 356 g/mol. The van der Waals surface area contributed by atoms with Crippen LogP contribution in [-0.4, -0.2) is 30.2 Å². The lowest BCUT2D eigenvalue weighted by atomic mass is 10.2. The molecule has 0 aliphatic carbocycles. The van der Waals surface area contributed by atoms with Crippen molar-refractivity contribution in [1.82, 2.24) is 9.97 Å². The molecule has 7 nitrogen and oxygen atoms in total.